The number of hydrogen-bond donors (Lipinski definition) is 3. The normalized spacial score (nSPS) is 24.7. The van der Waals surface area contributed by atoms with Gasteiger partial charge in [0.15, 0.2) is 6.10 Å². The van der Waals surface area contributed by atoms with Gasteiger partial charge >= 0.3 is 12.1 Å². The van der Waals surface area contributed by atoms with E-state index in [0.717, 1.165) is 28.5 Å². The number of aliphatic carboxylic acids is 1. The van der Waals surface area contributed by atoms with Crippen LogP contribution < -0.4 is 5.73 Å². The Kier molecular flexibility index (Phi) is 8.04. The lowest BCUT2D eigenvalue weighted by Gasteiger charge is -2.44. The molecule has 3 heterocycles. The van der Waals surface area contributed by atoms with Gasteiger partial charge in [0, 0.05) is 42.5 Å². The lowest BCUT2D eigenvalue weighted by Crippen LogP contribution is -2.58. The maximum Gasteiger partial charge on any atom is 0.416 e. The summed E-state index contributed by atoms with van der Waals surface area (Å²) in [6, 6.07) is 0.226. The van der Waals surface area contributed by atoms with Gasteiger partial charge in [-0.1, -0.05) is 0 Å². The highest BCUT2D eigenvalue weighted by molar-refractivity contribution is 7.89. The van der Waals surface area contributed by atoms with E-state index in [9.17, 15) is 30.4 Å². The van der Waals surface area contributed by atoms with Crippen molar-refractivity contribution in [3.8, 4) is 0 Å². The van der Waals surface area contributed by atoms with Crippen LogP contribution in [-0.4, -0.2) is 75.9 Å². The van der Waals surface area contributed by atoms with E-state index in [2.05, 4.69) is 5.10 Å². The Morgan fingerprint density at radius 2 is 1.92 bits per heavy atom. The summed E-state index contributed by atoms with van der Waals surface area (Å²) >= 11 is 0. The van der Waals surface area contributed by atoms with Gasteiger partial charge in [0.05, 0.1) is 11.9 Å². The summed E-state index contributed by atoms with van der Waals surface area (Å²) in [5, 5.41) is 19.0. The van der Waals surface area contributed by atoms with E-state index in [1.54, 1.807) is 0 Å². The van der Waals surface area contributed by atoms with Crippen LogP contribution in [0.3, 0.4) is 0 Å². The molecule has 36 heavy (non-hydrogen) atoms. The molecule has 0 amide bonds. The van der Waals surface area contributed by atoms with Crippen molar-refractivity contribution in [3.63, 3.8) is 0 Å². The van der Waals surface area contributed by atoms with Crippen LogP contribution >= 0.6 is 0 Å². The van der Waals surface area contributed by atoms with Crippen molar-refractivity contribution in [3.05, 3.63) is 52.9 Å². The van der Waals surface area contributed by atoms with Gasteiger partial charge in [-0.15, -0.1) is 0 Å². The fourth-order valence-electron chi connectivity index (χ4n) is 4.10. The highest BCUT2D eigenvalue weighted by Gasteiger charge is 2.54. The highest BCUT2D eigenvalue weighted by Crippen LogP contribution is 2.42. The first-order valence-corrected chi connectivity index (χ1v) is 12.2. The van der Waals surface area contributed by atoms with Crippen molar-refractivity contribution < 1.29 is 50.1 Å². The number of halogens is 5. The summed E-state index contributed by atoms with van der Waals surface area (Å²) in [5.74, 6) is -2.91. The topological polar surface area (TPSA) is 148 Å². The smallest absolute Gasteiger partial charge is 0.416 e. The van der Waals surface area contributed by atoms with Gasteiger partial charge in [-0.2, -0.15) is 22.4 Å². The molecule has 1 aromatic carbocycles. The zero-order valence-corrected chi connectivity index (χ0v) is 19.5. The molecule has 0 saturated carbocycles. The quantitative estimate of drug-likeness (QED) is 0.484. The van der Waals surface area contributed by atoms with E-state index >= 15 is 0 Å². The number of hydrogen-bond acceptors (Lipinski definition) is 8. The second-order valence-corrected chi connectivity index (χ2v) is 10.2. The number of aromatic nitrogens is 2. The largest absolute Gasteiger partial charge is 0.480 e. The van der Waals surface area contributed by atoms with Gasteiger partial charge < -0.3 is 20.7 Å². The van der Waals surface area contributed by atoms with Crippen LogP contribution in [0, 0.1) is 11.6 Å². The average Bonchev–Trinajstić information content (AvgIpc) is 3.34. The van der Waals surface area contributed by atoms with Crippen LogP contribution in [0.5, 0.6) is 0 Å². The fraction of sp³-hybridized carbons (Fsp3) is 0.500. The number of fused-ring (bicyclic) bond motifs is 1. The number of alkyl halides is 3. The number of benzene rings is 1. The Bertz CT molecular complexity index is 1200. The van der Waals surface area contributed by atoms with E-state index in [0.29, 0.717) is 11.3 Å². The summed E-state index contributed by atoms with van der Waals surface area (Å²) in [4.78, 5) is 10.6. The molecule has 2 aromatic rings. The summed E-state index contributed by atoms with van der Waals surface area (Å²) in [7, 11) is -3.62. The lowest BCUT2D eigenvalue weighted by atomic mass is 9.89. The van der Waals surface area contributed by atoms with Crippen LogP contribution in [0.2, 0.25) is 0 Å². The van der Waals surface area contributed by atoms with Gasteiger partial charge in [-0.05, 0) is 24.6 Å². The molecule has 4 N–H and O–H groups in total. The molecule has 0 bridgehead atoms. The molecule has 10 nitrogen and oxygen atoms in total. The Hall–Kier alpha value is -2.66. The van der Waals surface area contributed by atoms with Crippen molar-refractivity contribution in [2.24, 2.45) is 5.73 Å². The zero-order valence-electron chi connectivity index (χ0n) is 18.7. The summed E-state index contributed by atoms with van der Waals surface area (Å²) < 4.78 is 98.6. The number of carboxylic acid groups (broad SMARTS) is 1. The third kappa shape index (κ3) is 6.18. The van der Waals surface area contributed by atoms with Crippen LogP contribution in [0.25, 0.3) is 0 Å². The maximum absolute atomic E-state index is 14.2. The van der Waals surface area contributed by atoms with Crippen LogP contribution in [0.15, 0.2) is 24.4 Å². The Morgan fingerprint density at radius 3 is 2.44 bits per heavy atom. The maximum atomic E-state index is 14.2. The van der Waals surface area contributed by atoms with Gasteiger partial charge in [0.2, 0.25) is 0 Å². The Balaban J connectivity index is 0.000000658. The first-order valence-electron chi connectivity index (χ1n) is 10.4. The van der Waals surface area contributed by atoms with Crippen molar-refractivity contribution in [1.82, 2.24) is 14.1 Å². The summed E-state index contributed by atoms with van der Waals surface area (Å²) in [6.07, 6.45) is -6.53. The highest BCUT2D eigenvalue weighted by atomic mass is 32.2. The first-order chi connectivity index (χ1) is 16.6. The molecule has 1 fully saturated rings. The molecule has 0 radical (unpaired) electrons. The van der Waals surface area contributed by atoms with E-state index in [4.69, 9.17) is 25.5 Å². The minimum Gasteiger partial charge on any atom is -0.480 e. The number of aliphatic hydroxyl groups is 1. The molecule has 1 aromatic heterocycles. The first kappa shape index (κ1) is 27.9. The molecule has 4 rings (SSSR count). The average molecular weight is 542 g/mol. The van der Waals surface area contributed by atoms with Crippen molar-refractivity contribution in [2.75, 3.05) is 12.9 Å². The minimum atomic E-state index is -4.79. The predicted octanol–water partition coefficient (Wildman–Crippen LogP) is 1.14. The number of rotatable bonds is 4. The minimum absolute atomic E-state index is 0.0236. The second kappa shape index (κ2) is 10.4. The van der Waals surface area contributed by atoms with E-state index in [1.807, 2.05) is 0 Å². The van der Waals surface area contributed by atoms with Crippen molar-refractivity contribution in [2.45, 2.75) is 50.0 Å². The van der Waals surface area contributed by atoms with E-state index in [1.165, 1.54) is 11.1 Å². The van der Waals surface area contributed by atoms with Gasteiger partial charge in [0.1, 0.15) is 24.3 Å². The molecular formula is C20H23F5N4O6S. The van der Waals surface area contributed by atoms with E-state index < -0.39 is 64.7 Å². The fourth-order valence-corrected chi connectivity index (χ4v) is 4.67. The molecule has 0 unspecified atom stereocenters. The molecule has 16 heteroatoms. The summed E-state index contributed by atoms with van der Waals surface area (Å²) in [5.41, 5.74) is 6.51. The van der Waals surface area contributed by atoms with Crippen LogP contribution in [-0.2, 0) is 32.6 Å². The number of carboxylic acids is 1. The van der Waals surface area contributed by atoms with Crippen LogP contribution in [0.4, 0.5) is 22.0 Å². The number of nitrogens with zero attached hydrogens (tertiary/aromatic N) is 3. The SMILES string of the molecule is CS(=O)(=O)n1cc2c(n1)CN([C@@H]1C[C@H](N)[C@@H](c3cc(F)ccc3F)O[C@@H]1C(F)(F)F)C2.O=C(O)CO. The molecule has 0 aliphatic carbocycles. The van der Waals surface area contributed by atoms with Gasteiger partial charge in [-0.3, -0.25) is 4.90 Å². The molecule has 0 spiro atoms. The molecule has 2 aliphatic rings. The Morgan fingerprint density at radius 1 is 1.28 bits per heavy atom. The summed E-state index contributed by atoms with van der Waals surface area (Å²) in [6.45, 7) is -0.776. The number of aliphatic hydroxyl groups excluding tert-OH is 1. The van der Waals surface area contributed by atoms with Gasteiger partial charge in [0.25, 0.3) is 10.0 Å². The number of carbonyl (C=O) groups is 1. The van der Waals surface area contributed by atoms with Crippen molar-refractivity contribution >= 4 is 16.0 Å². The van der Waals surface area contributed by atoms with E-state index in [-0.39, 0.29) is 25.1 Å². The monoisotopic (exact) mass is 542 g/mol. The third-order valence-electron chi connectivity index (χ3n) is 5.66. The Labute approximate surface area is 202 Å². The number of nitrogens with two attached hydrogens (primary N) is 1. The molecule has 2 aliphatic heterocycles. The van der Waals surface area contributed by atoms with Gasteiger partial charge in [-0.25, -0.2) is 22.0 Å². The van der Waals surface area contributed by atoms with Crippen LogP contribution in [0.1, 0.15) is 29.3 Å². The lowest BCUT2D eigenvalue weighted by molar-refractivity contribution is -0.269. The van der Waals surface area contributed by atoms with Crippen molar-refractivity contribution in [1.29, 1.82) is 0 Å². The zero-order chi connectivity index (χ0) is 27.0. The third-order valence-corrected chi connectivity index (χ3v) is 6.53. The molecule has 4 atom stereocenters. The standard InChI is InChI=1S/C18H19F5N4O3S.C2H4O3/c1-31(28,29)27-7-9-6-26(8-14(9)25-27)15-5-13(24)16(30-17(15)18(21,22)23)11-4-10(19)2-3-12(11)20;3-1-2(4)5/h2-4,7,13,15-17H,5-6,8,24H2,1H3;3H,1H2,(H,4,5)/t13-,15+,16+,17-;/m0./s1. The molecule has 1 saturated heterocycles. The molecular weight excluding hydrogens is 519 g/mol. The molecule has 200 valence electrons. The second-order valence-electron chi connectivity index (χ2n) is 8.35. The predicted molar refractivity (Wildman–Crippen MR) is 113 cm³/mol. The number of ether oxygens (including phenoxy) is 1.